The molecule has 0 N–H and O–H groups in total. The SMILES string of the molecule is CC(=O)C(C)C1CCCCC1.CCCC(C(C)=O)C1C(CC)[C@@H]1C. The van der Waals surface area contributed by atoms with E-state index >= 15 is 0 Å². The first-order valence-electron chi connectivity index (χ1n) is 10.4. The van der Waals surface area contributed by atoms with Gasteiger partial charge in [-0.1, -0.05) is 59.8 Å². The summed E-state index contributed by atoms with van der Waals surface area (Å²) in [5.41, 5.74) is 0. The van der Waals surface area contributed by atoms with Crippen molar-refractivity contribution in [3.05, 3.63) is 0 Å². The third-order valence-electron chi connectivity index (χ3n) is 6.69. The van der Waals surface area contributed by atoms with Crippen LogP contribution in [-0.2, 0) is 9.59 Å². The third-order valence-corrected chi connectivity index (χ3v) is 6.69. The lowest BCUT2D eigenvalue weighted by molar-refractivity contribution is -0.122. The second kappa shape index (κ2) is 10.4. The second-order valence-electron chi connectivity index (χ2n) is 8.31. The lowest BCUT2D eigenvalue weighted by atomic mass is 9.79. The molecule has 4 unspecified atom stereocenters. The third kappa shape index (κ3) is 6.01. The number of ketones is 2. The van der Waals surface area contributed by atoms with Gasteiger partial charge in [0.1, 0.15) is 11.6 Å². The minimum Gasteiger partial charge on any atom is -0.300 e. The predicted molar refractivity (Wildman–Crippen MR) is 102 cm³/mol. The molecule has 0 bridgehead atoms. The number of carbonyl (C=O) groups excluding carboxylic acids is 2. The van der Waals surface area contributed by atoms with Crippen molar-refractivity contribution in [1.82, 2.24) is 0 Å². The van der Waals surface area contributed by atoms with Gasteiger partial charge in [0.25, 0.3) is 0 Å². The van der Waals surface area contributed by atoms with Crippen molar-refractivity contribution in [2.45, 2.75) is 92.9 Å². The first-order valence-corrected chi connectivity index (χ1v) is 10.4. The van der Waals surface area contributed by atoms with Crippen molar-refractivity contribution in [1.29, 1.82) is 0 Å². The Morgan fingerprint density at radius 3 is 1.96 bits per heavy atom. The van der Waals surface area contributed by atoms with Crippen LogP contribution < -0.4 is 0 Å². The van der Waals surface area contributed by atoms with Gasteiger partial charge in [-0.15, -0.1) is 0 Å². The molecule has 140 valence electrons. The van der Waals surface area contributed by atoms with E-state index in [0.717, 1.165) is 24.7 Å². The minimum absolute atomic E-state index is 0.315. The Bertz CT molecular complexity index is 395. The van der Waals surface area contributed by atoms with E-state index in [1.54, 1.807) is 13.8 Å². The molecule has 2 heteroatoms. The van der Waals surface area contributed by atoms with Crippen LogP contribution in [0.15, 0.2) is 0 Å². The average Bonchev–Trinajstić information content (AvgIpc) is 3.22. The molecule has 2 nitrogen and oxygen atoms in total. The molecular formula is C22H40O2. The Hall–Kier alpha value is -0.660. The van der Waals surface area contributed by atoms with E-state index < -0.39 is 0 Å². The molecule has 5 atom stereocenters. The molecule has 0 amide bonds. The maximum Gasteiger partial charge on any atom is 0.133 e. The van der Waals surface area contributed by atoms with Crippen molar-refractivity contribution >= 4 is 11.6 Å². The summed E-state index contributed by atoms with van der Waals surface area (Å²) in [6, 6.07) is 0. The molecule has 2 saturated carbocycles. The van der Waals surface area contributed by atoms with Gasteiger partial charge in [-0.2, -0.15) is 0 Å². The lowest BCUT2D eigenvalue weighted by Crippen LogP contribution is -2.20. The molecule has 2 aliphatic carbocycles. The van der Waals surface area contributed by atoms with E-state index in [1.165, 1.54) is 38.5 Å². The van der Waals surface area contributed by atoms with Gasteiger partial charge in [0.2, 0.25) is 0 Å². The quantitative estimate of drug-likeness (QED) is 0.565. The second-order valence-corrected chi connectivity index (χ2v) is 8.31. The van der Waals surface area contributed by atoms with Crippen LogP contribution in [0.5, 0.6) is 0 Å². The summed E-state index contributed by atoms with van der Waals surface area (Å²) < 4.78 is 0. The first kappa shape index (κ1) is 21.4. The van der Waals surface area contributed by atoms with Gasteiger partial charge in [-0.05, 0) is 56.8 Å². The molecule has 0 aromatic heterocycles. The first-order chi connectivity index (χ1) is 11.3. The summed E-state index contributed by atoms with van der Waals surface area (Å²) in [5, 5.41) is 0. The molecule has 2 fully saturated rings. The zero-order valence-electron chi connectivity index (χ0n) is 16.9. The zero-order valence-corrected chi connectivity index (χ0v) is 16.9. The fourth-order valence-electron chi connectivity index (χ4n) is 4.83. The number of hydrogen-bond acceptors (Lipinski definition) is 2. The number of hydrogen-bond donors (Lipinski definition) is 0. The van der Waals surface area contributed by atoms with E-state index in [2.05, 4.69) is 27.7 Å². The van der Waals surface area contributed by atoms with Crippen molar-refractivity contribution in [3.8, 4) is 0 Å². The van der Waals surface area contributed by atoms with Crippen molar-refractivity contribution in [2.75, 3.05) is 0 Å². The zero-order chi connectivity index (χ0) is 18.3. The maximum atomic E-state index is 11.4. The van der Waals surface area contributed by atoms with Gasteiger partial charge in [-0.3, -0.25) is 9.59 Å². The van der Waals surface area contributed by atoms with Crippen LogP contribution in [-0.4, -0.2) is 11.6 Å². The Morgan fingerprint density at radius 2 is 1.58 bits per heavy atom. The lowest BCUT2D eigenvalue weighted by Gasteiger charge is -2.25. The highest BCUT2D eigenvalue weighted by atomic mass is 16.1. The molecular weight excluding hydrogens is 296 g/mol. The van der Waals surface area contributed by atoms with Crippen LogP contribution in [0.4, 0.5) is 0 Å². The smallest absolute Gasteiger partial charge is 0.133 e. The average molecular weight is 337 g/mol. The van der Waals surface area contributed by atoms with Gasteiger partial charge in [-0.25, -0.2) is 0 Å². The standard InChI is InChI=1S/C12H22O.C10H18O/c1-5-7-11(9(4)13)12-8(3)10(12)6-2;1-8(9(2)11)10-6-4-3-5-7-10/h8,10-12H,5-7H2,1-4H3;8,10H,3-7H2,1-2H3/t8-,10?,11?,12?;/m0./s1. The van der Waals surface area contributed by atoms with Crippen LogP contribution in [0.3, 0.4) is 0 Å². The van der Waals surface area contributed by atoms with Crippen molar-refractivity contribution in [2.24, 2.45) is 35.5 Å². The van der Waals surface area contributed by atoms with Gasteiger partial charge in [0, 0.05) is 11.8 Å². The van der Waals surface area contributed by atoms with Crippen LogP contribution >= 0.6 is 0 Å². The monoisotopic (exact) mass is 336 g/mol. The van der Waals surface area contributed by atoms with E-state index in [0.29, 0.717) is 35.2 Å². The molecule has 0 spiro atoms. The Morgan fingerprint density at radius 1 is 1.00 bits per heavy atom. The topological polar surface area (TPSA) is 34.1 Å². The van der Waals surface area contributed by atoms with E-state index in [4.69, 9.17) is 0 Å². The van der Waals surface area contributed by atoms with Gasteiger partial charge in [0.05, 0.1) is 0 Å². The predicted octanol–water partition coefficient (Wildman–Crippen LogP) is 6.08. The Labute approximate surface area is 150 Å². The fraction of sp³-hybridized carbons (Fsp3) is 0.909. The molecule has 0 heterocycles. The van der Waals surface area contributed by atoms with E-state index in [-0.39, 0.29) is 0 Å². The summed E-state index contributed by atoms with van der Waals surface area (Å²) in [6.07, 6.45) is 10.1. The summed E-state index contributed by atoms with van der Waals surface area (Å²) in [5.74, 6) is 4.50. The molecule has 24 heavy (non-hydrogen) atoms. The van der Waals surface area contributed by atoms with Gasteiger partial charge in [0.15, 0.2) is 0 Å². The fourth-order valence-corrected chi connectivity index (χ4v) is 4.83. The minimum atomic E-state index is 0.315. The van der Waals surface area contributed by atoms with Crippen LogP contribution in [0.1, 0.15) is 92.9 Å². The Balaban J connectivity index is 0.000000243. The largest absolute Gasteiger partial charge is 0.300 e. The van der Waals surface area contributed by atoms with Crippen LogP contribution in [0.2, 0.25) is 0 Å². The molecule has 0 aliphatic heterocycles. The molecule has 0 aromatic carbocycles. The highest BCUT2D eigenvalue weighted by molar-refractivity contribution is 5.79. The summed E-state index contributed by atoms with van der Waals surface area (Å²) in [6.45, 7) is 12.3. The van der Waals surface area contributed by atoms with Crippen LogP contribution in [0.25, 0.3) is 0 Å². The molecule has 2 rings (SSSR count). The van der Waals surface area contributed by atoms with Gasteiger partial charge < -0.3 is 0 Å². The van der Waals surface area contributed by atoms with Crippen molar-refractivity contribution < 1.29 is 9.59 Å². The molecule has 0 radical (unpaired) electrons. The summed E-state index contributed by atoms with van der Waals surface area (Å²) in [4.78, 5) is 22.5. The number of rotatable bonds is 7. The highest BCUT2D eigenvalue weighted by Gasteiger charge is 2.50. The van der Waals surface area contributed by atoms with Crippen molar-refractivity contribution in [3.63, 3.8) is 0 Å². The molecule has 0 saturated heterocycles. The number of Topliss-reactive ketones (excluding diaryl/α,β-unsaturated/α-hetero) is 2. The summed E-state index contributed by atoms with van der Waals surface area (Å²) in [7, 11) is 0. The van der Waals surface area contributed by atoms with Gasteiger partial charge >= 0.3 is 0 Å². The highest BCUT2D eigenvalue weighted by Crippen LogP contribution is 2.53. The van der Waals surface area contributed by atoms with E-state index in [1.807, 2.05) is 0 Å². The Kier molecular flexibility index (Phi) is 9.23. The maximum absolute atomic E-state index is 11.4. The van der Waals surface area contributed by atoms with Crippen LogP contribution in [0, 0.1) is 35.5 Å². The molecule has 2 aliphatic rings. The molecule has 0 aromatic rings. The summed E-state index contributed by atoms with van der Waals surface area (Å²) >= 11 is 0. The van der Waals surface area contributed by atoms with E-state index in [9.17, 15) is 9.59 Å². The number of carbonyl (C=O) groups is 2. The normalized spacial score (nSPS) is 29.2.